The summed E-state index contributed by atoms with van der Waals surface area (Å²) in [5.41, 5.74) is 0.172. The van der Waals surface area contributed by atoms with Gasteiger partial charge in [0, 0.05) is 5.56 Å². The standard InChI is InChI=1S/C9H11F2NO2/c1-5-6(13-2)4-12-7(9(10)11)8(5)14-3/h4,9H,1-3H3. The molecule has 0 radical (unpaired) electrons. The fraction of sp³-hybridized carbons (Fsp3) is 0.444. The first-order valence-electron chi connectivity index (χ1n) is 3.97. The minimum Gasteiger partial charge on any atom is -0.495 e. The fourth-order valence-corrected chi connectivity index (χ4v) is 1.21. The van der Waals surface area contributed by atoms with Crippen molar-refractivity contribution in [2.75, 3.05) is 14.2 Å². The van der Waals surface area contributed by atoms with E-state index < -0.39 is 6.43 Å². The average molecular weight is 203 g/mol. The van der Waals surface area contributed by atoms with Crippen LogP contribution in [-0.4, -0.2) is 19.2 Å². The van der Waals surface area contributed by atoms with Gasteiger partial charge in [0.05, 0.1) is 20.4 Å². The molecule has 0 aromatic carbocycles. The number of hydrogen-bond donors (Lipinski definition) is 0. The normalized spacial score (nSPS) is 10.4. The minimum absolute atomic E-state index is 0.0827. The zero-order chi connectivity index (χ0) is 10.7. The topological polar surface area (TPSA) is 31.4 Å². The van der Waals surface area contributed by atoms with Crippen LogP contribution in [0.2, 0.25) is 0 Å². The van der Waals surface area contributed by atoms with Crippen molar-refractivity contribution in [2.24, 2.45) is 0 Å². The van der Waals surface area contributed by atoms with Gasteiger partial charge in [-0.3, -0.25) is 0 Å². The summed E-state index contributed by atoms with van der Waals surface area (Å²) in [6.45, 7) is 1.64. The molecule has 78 valence electrons. The fourth-order valence-electron chi connectivity index (χ4n) is 1.21. The van der Waals surface area contributed by atoms with Crippen LogP contribution in [0.3, 0.4) is 0 Å². The number of pyridine rings is 1. The molecule has 0 aliphatic heterocycles. The van der Waals surface area contributed by atoms with Crippen LogP contribution in [0.15, 0.2) is 6.20 Å². The van der Waals surface area contributed by atoms with E-state index in [4.69, 9.17) is 9.47 Å². The second-order valence-electron chi connectivity index (χ2n) is 2.67. The summed E-state index contributed by atoms with van der Waals surface area (Å²) in [5.74, 6) is 0.519. The first-order chi connectivity index (χ1) is 6.61. The van der Waals surface area contributed by atoms with Crippen LogP contribution in [-0.2, 0) is 0 Å². The van der Waals surface area contributed by atoms with Crippen LogP contribution in [0, 0.1) is 6.92 Å². The van der Waals surface area contributed by atoms with Gasteiger partial charge in [-0.25, -0.2) is 13.8 Å². The van der Waals surface area contributed by atoms with Crippen molar-refractivity contribution in [1.82, 2.24) is 4.98 Å². The zero-order valence-electron chi connectivity index (χ0n) is 8.17. The largest absolute Gasteiger partial charge is 0.495 e. The quantitative estimate of drug-likeness (QED) is 0.755. The summed E-state index contributed by atoms with van der Waals surface area (Å²) in [7, 11) is 2.78. The Kier molecular flexibility index (Phi) is 3.22. The lowest BCUT2D eigenvalue weighted by Crippen LogP contribution is -2.00. The summed E-state index contributed by atoms with van der Waals surface area (Å²) < 4.78 is 34.7. The molecule has 0 saturated heterocycles. The molecular formula is C9H11F2NO2. The van der Waals surface area contributed by atoms with Gasteiger partial charge in [-0.05, 0) is 6.92 Å². The second kappa shape index (κ2) is 4.21. The highest BCUT2D eigenvalue weighted by atomic mass is 19.3. The smallest absolute Gasteiger partial charge is 0.284 e. The van der Waals surface area contributed by atoms with Gasteiger partial charge in [-0.2, -0.15) is 0 Å². The molecule has 0 spiro atoms. The van der Waals surface area contributed by atoms with Crippen LogP contribution in [0.25, 0.3) is 0 Å². The third-order valence-electron chi connectivity index (χ3n) is 1.89. The van der Waals surface area contributed by atoms with Gasteiger partial charge >= 0.3 is 0 Å². The van der Waals surface area contributed by atoms with Crippen molar-refractivity contribution >= 4 is 0 Å². The van der Waals surface area contributed by atoms with E-state index in [0.29, 0.717) is 11.3 Å². The molecule has 0 aliphatic rings. The third-order valence-corrected chi connectivity index (χ3v) is 1.89. The molecule has 1 heterocycles. The van der Waals surface area contributed by atoms with Crippen molar-refractivity contribution in [3.63, 3.8) is 0 Å². The highest BCUT2D eigenvalue weighted by molar-refractivity contribution is 5.45. The first kappa shape index (κ1) is 10.7. The monoisotopic (exact) mass is 203 g/mol. The lowest BCUT2D eigenvalue weighted by atomic mass is 10.2. The number of rotatable bonds is 3. The van der Waals surface area contributed by atoms with Crippen molar-refractivity contribution in [3.05, 3.63) is 17.5 Å². The van der Waals surface area contributed by atoms with Crippen LogP contribution < -0.4 is 9.47 Å². The lowest BCUT2D eigenvalue weighted by Gasteiger charge is -2.12. The zero-order valence-corrected chi connectivity index (χ0v) is 8.17. The Morgan fingerprint density at radius 1 is 1.29 bits per heavy atom. The molecule has 0 amide bonds. The number of hydrogen-bond acceptors (Lipinski definition) is 3. The summed E-state index contributed by atoms with van der Waals surface area (Å²) in [5, 5.41) is 0. The van der Waals surface area contributed by atoms with E-state index >= 15 is 0 Å². The maximum atomic E-state index is 12.4. The molecule has 0 atom stereocenters. The van der Waals surface area contributed by atoms with Gasteiger partial charge in [0.1, 0.15) is 11.4 Å². The Morgan fingerprint density at radius 3 is 2.36 bits per heavy atom. The molecule has 0 N–H and O–H groups in total. The predicted octanol–water partition coefficient (Wildman–Crippen LogP) is 2.34. The van der Waals surface area contributed by atoms with E-state index in [2.05, 4.69) is 4.98 Å². The molecule has 1 aromatic heterocycles. The summed E-state index contributed by atoms with van der Waals surface area (Å²) in [6, 6.07) is 0. The van der Waals surface area contributed by atoms with Crippen LogP contribution >= 0.6 is 0 Å². The molecule has 5 heteroatoms. The van der Waals surface area contributed by atoms with E-state index in [9.17, 15) is 8.78 Å². The van der Waals surface area contributed by atoms with Crippen LogP contribution in [0.1, 0.15) is 17.7 Å². The van der Waals surface area contributed by atoms with E-state index in [1.54, 1.807) is 6.92 Å². The lowest BCUT2D eigenvalue weighted by molar-refractivity contribution is 0.141. The van der Waals surface area contributed by atoms with Crippen molar-refractivity contribution < 1.29 is 18.3 Å². The highest BCUT2D eigenvalue weighted by Gasteiger charge is 2.19. The maximum Gasteiger partial charge on any atom is 0.284 e. The maximum absolute atomic E-state index is 12.4. The van der Waals surface area contributed by atoms with E-state index in [0.717, 1.165) is 0 Å². The van der Waals surface area contributed by atoms with Gasteiger partial charge in [-0.1, -0.05) is 0 Å². The van der Waals surface area contributed by atoms with Crippen molar-refractivity contribution in [2.45, 2.75) is 13.3 Å². The first-order valence-corrected chi connectivity index (χ1v) is 3.97. The Balaban J connectivity index is 3.28. The van der Waals surface area contributed by atoms with Crippen molar-refractivity contribution in [3.8, 4) is 11.5 Å². The molecule has 0 aliphatic carbocycles. The second-order valence-corrected chi connectivity index (χ2v) is 2.67. The number of halogens is 2. The summed E-state index contributed by atoms with van der Waals surface area (Å²) in [4.78, 5) is 3.58. The average Bonchev–Trinajstić information content (AvgIpc) is 2.17. The van der Waals surface area contributed by atoms with Gasteiger partial charge in [0.15, 0.2) is 5.75 Å². The Labute approximate surface area is 80.7 Å². The van der Waals surface area contributed by atoms with E-state index in [1.807, 2.05) is 0 Å². The van der Waals surface area contributed by atoms with Gasteiger partial charge in [-0.15, -0.1) is 0 Å². The Bertz CT molecular complexity index is 329. The SMILES string of the molecule is COc1cnc(C(F)F)c(OC)c1C. The number of nitrogens with zero attached hydrogens (tertiary/aromatic N) is 1. The molecule has 1 aromatic rings. The van der Waals surface area contributed by atoms with Crippen LogP contribution in [0.5, 0.6) is 11.5 Å². The number of ether oxygens (including phenoxy) is 2. The number of methoxy groups -OCH3 is 2. The van der Waals surface area contributed by atoms with Gasteiger partial charge in [0.2, 0.25) is 0 Å². The molecule has 0 fully saturated rings. The summed E-state index contributed by atoms with van der Waals surface area (Å²) >= 11 is 0. The van der Waals surface area contributed by atoms with Gasteiger partial charge < -0.3 is 9.47 Å². The van der Waals surface area contributed by atoms with Crippen molar-refractivity contribution in [1.29, 1.82) is 0 Å². The van der Waals surface area contributed by atoms with Gasteiger partial charge in [0.25, 0.3) is 6.43 Å². The van der Waals surface area contributed by atoms with E-state index in [-0.39, 0.29) is 11.4 Å². The molecular weight excluding hydrogens is 192 g/mol. The molecule has 14 heavy (non-hydrogen) atoms. The molecule has 0 saturated carbocycles. The molecule has 1 rings (SSSR count). The molecule has 0 bridgehead atoms. The number of aromatic nitrogens is 1. The minimum atomic E-state index is -2.64. The van der Waals surface area contributed by atoms with E-state index in [1.165, 1.54) is 20.4 Å². The molecule has 3 nitrogen and oxygen atoms in total. The Hall–Kier alpha value is -1.39. The highest BCUT2D eigenvalue weighted by Crippen LogP contribution is 2.34. The third kappa shape index (κ3) is 1.76. The molecule has 0 unspecified atom stereocenters. The Morgan fingerprint density at radius 2 is 1.93 bits per heavy atom. The number of alkyl halides is 2. The van der Waals surface area contributed by atoms with Crippen LogP contribution in [0.4, 0.5) is 8.78 Å². The summed E-state index contributed by atoms with van der Waals surface area (Å²) in [6.07, 6.45) is -1.38. The predicted molar refractivity (Wildman–Crippen MR) is 47.0 cm³/mol.